The van der Waals surface area contributed by atoms with E-state index in [0.29, 0.717) is 38.3 Å². The van der Waals surface area contributed by atoms with Crippen LogP contribution < -0.4 is 10.6 Å². The van der Waals surface area contributed by atoms with Crippen molar-refractivity contribution in [3.63, 3.8) is 0 Å². The maximum atomic E-state index is 15.1. The Morgan fingerprint density at radius 2 is 2.11 bits per heavy atom. The number of nitrogens with two attached hydrogens (primary N) is 1. The summed E-state index contributed by atoms with van der Waals surface area (Å²) in [5, 5.41) is 15.7. The van der Waals surface area contributed by atoms with Crippen LogP contribution in [-0.2, 0) is 24.9 Å². The maximum Gasteiger partial charge on any atom is 0.231 e. The van der Waals surface area contributed by atoms with Crippen molar-refractivity contribution in [1.82, 2.24) is 29.2 Å². The van der Waals surface area contributed by atoms with Gasteiger partial charge in [0.15, 0.2) is 0 Å². The molecule has 1 aromatic carbocycles. The number of amides is 1. The lowest BCUT2D eigenvalue weighted by Crippen LogP contribution is -2.47. The molecule has 0 aliphatic carbocycles. The number of β-amino-alcohol motifs (C(OH)–C–C–N with tert-alkyl or cyclic N) is 1. The van der Waals surface area contributed by atoms with Crippen LogP contribution in [0.25, 0.3) is 22.2 Å². The van der Waals surface area contributed by atoms with Crippen LogP contribution in [0.1, 0.15) is 18.9 Å². The summed E-state index contributed by atoms with van der Waals surface area (Å²) in [4.78, 5) is 24.2. The minimum absolute atomic E-state index is 0.0304. The third-order valence-corrected chi connectivity index (χ3v) is 7.28. The molecule has 11 heteroatoms. The zero-order valence-electron chi connectivity index (χ0n) is 21.7. The molecule has 0 unspecified atom stereocenters. The van der Waals surface area contributed by atoms with Gasteiger partial charge in [0.1, 0.15) is 23.6 Å². The van der Waals surface area contributed by atoms with Gasteiger partial charge in [0.25, 0.3) is 0 Å². The number of aryl methyl sites for hydroxylation is 1. The molecule has 38 heavy (non-hydrogen) atoms. The first-order chi connectivity index (χ1) is 18.3. The van der Waals surface area contributed by atoms with Gasteiger partial charge in [-0.25, -0.2) is 14.4 Å². The fourth-order valence-corrected chi connectivity index (χ4v) is 5.23. The number of piperidine rings is 1. The van der Waals surface area contributed by atoms with Crippen molar-refractivity contribution in [2.45, 2.75) is 32.5 Å². The molecule has 4 aromatic rings. The van der Waals surface area contributed by atoms with Crippen LogP contribution in [0.2, 0.25) is 0 Å². The van der Waals surface area contributed by atoms with E-state index in [2.05, 4.69) is 15.1 Å². The van der Waals surface area contributed by atoms with E-state index in [1.165, 1.54) is 6.33 Å². The molecule has 1 saturated heterocycles. The van der Waals surface area contributed by atoms with E-state index in [-0.39, 0.29) is 24.2 Å². The van der Waals surface area contributed by atoms with E-state index in [1.54, 1.807) is 16.9 Å². The number of benzene rings is 1. The van der Waals surface area contributed by atoms with Gasteiger partial charge < -0.3 is 20.3 Å². The molecule has 0 spiro atoms. The summed E-state index contributed by atoms with van der Waals surface area (Å²) in [6, 6.07) is 7.25. The Labute approximate surface area is 220 Å². The van der Waals surface area contributed by atoms with Gasteiger partial charge in [-0.1, -0.05) is 12.1 Å². The highest BCUT2D eigenvalue weighted by Crippen LogP contribution is 2.29. The molecule has 10 nitrogen and oxygen atoms in total. The van der Waals surface area contributed by atoms with E-state index >= 15 is 4.39 Å². The average Bonchev–Trinajstić information content (AvgIpc) is 3.51. The van der Waals surface area contributed by atoms with Gasteiger partial charge in [0.05, 0.1) is 24.2 Å². The van der Waals surface area contributed by atoms with Crippen molar-refractivity contribution in [3.05, 3.63) is 60.6 Å². The number of hydrogen-bond acceptors (Lipinski definition) is 7. The van der Waals surface area contributed by atoms with Gasteiger partial charge in [-0.05, 0) is 37.6 Å². The number of fused-ring (bicyclic) bond motifs is 1. The number of likely N-dealkylation sites (tertiary alicyclic amines) is 1. The lowest BCUT2D eigenvalue weighted by Gasteiger charge is -2.35. The molecule has 200 valence electrons. The van der Waals surface area contributed by atoms with Crippen molar-refractivity contribution < 1.29 is 14.3 Å². The fraction of sp³-hybridized carbons (Fsp3) is 0.407. The van der Waals surface area contributed by atoms with Crippen molar-refractivity contribution in [3.8, 4) is 11.1 Å². The van der Waals surface area contributed by atoms with Crippen LogP contribution in [0.5, 0.6) is 0 Å². The van der Waals surface area contributed by atoms with Gasteiger partial charge in [0.2, 0.25) is 5.91 Å². The van der Waals surface area contributed by atoms with Crippen molar-refractivity contribution in [2.24, 2.45) is 18.7 Å². The molecular formula is C27H33FN8O2. The largest absolute Gasteiger partial charge is 0.391 e. The van der Waals surface area contributed by atoms with Crippen molar-refractivity contribution in [2.75, 3.05) is 31.1 Å². The summed E-state index contributed by atoms with van der Waals surface area (Å²) in [5.74, 6) is 0.108. The van der Waals surface area contributed by atoms with Gasteiger partial charge in [-0.2, -0.15) is 5.10 Å². The molecule has 2 atom stereocenters. The van der Waals surface area contributed by atoms with Crippen LogP contribution in [0, 0.1) is 11.7 Å². The molecule has 3 N–H and O–H groups in total. The summed E-state index contributed by atoms with van der Waals surface area (Å²) >= 11 is 0. The van der Waals surface area contributed by atoms with Gasteiger partial charge >= 0.3 is 0 Å². The zero-order valence-corrected chi connectivity index (χ0v) is 21.7. The second-order valence-corrected chi connectivity index (χ2v) is 9.94. The highest BCUT2D eigenvalue weighted by Gasteiger charge is 2.29. The van der Waals surface area contributed by atoms with E-state index < -0.39 is 6.10 Å². The predicted molar refractivity (Wildman–Crippen MR) is 143 cm³/mol. The Hall–Kier alpha value is -3.83. The molecular weight excluding hydrogens is 487 g/mol. The van der Waals surface area contributed by atoms with Crippen LogP contribution in [-0.4, -0.2) is 72.5 Å². The lowest BCUT2D eigenvalue weighted by atomic mass is 9.93. The number of anilines is 1. The number of carbonyl (C=O) groups excluding carboxylic acids is 1. The normalized spacial score (nSPS) is 18.2. The van der Waals surface area contributed by atoms with Crippen LogP contribution in [0.4, 0.5) is 10.2 Å². The first-order valence-corrected chi connectivity index (χ1v) is 12.8. The van der Waals surface area contributed by atoms with Crippen LogP contribution >= 0.6 is 0 Å². The highest BCUT2D eigenvalue weighted by molar-refractivity contribution is 5.87. The Bertz CT molecular complexity index is 1430. The van der Waals surface area contributed by atoms with Crippen molar-refractivity contribution in [1.29, 1.82) is 0 Å². The number of primary amides is 1. The number of nitrogens with zero attached hydrogens (tertiary/aromatic N) is 7. The second-order valence-electron chi connectivity index (χ2n) is 9.94. The minimum Gasteiger partial charge on any atom is -0.391 e. The summed E-state index contributed by atoms with van der Waals surface area (Å²) in [6.07, 6.45) is 7.26. The third kappa shape index (κ3) is 5.39. The number of aliphatic hydroxyl groups excluding tert-OH is 1. The van der Waals surface area contributed by atoms with Gasteiger partial charge in [-0.15, -0.1) is 0 Å². The molecule has 0 radical (unpaired) electrons. The molecule has 1 fully saturated rings. The Morgan fingerprint density at radius 1 is 1.26 bits per heavy atom. The summed E-state index contributed by atoms with van der Waals surface area (Å²) in [6.45, 7) is 4.90. The summed E-state index contributed by atoms with van der Waals surface area (Å²) < 4.78 is 18.9. The van der Waals surface area contributed by atoms with Crippen LogP contribution in [0.3, 0.4) is 0 Å². The topological polar surface area (TPSA) is 118 Å². The standard InChI is InChI=1S/C27H33FN8O2/c1-3-35(13-19-5-4-18(10-23(19)28)21-11-32-33(2)12-21)26-22-7-9-36(27(22)31-17-30-26)14-20-6-8-34(15-24(20)37)16-25(29)38/h4-5,7,9-12,17,20,24,37H,3,6,8,13-16H2,1-2H3,(H2,29,38)/t20-,24+/m1/s1. The smallest absolute Gasteiger partial charge is 0.231 e. The van der Waals surface area contributed by atoms with Crippen LogP contribution in [0.15, 0.2) is 49.2 Å². The second kappa shape index (κ2) is 10.9. The SMILES string of the molecule is CCN(Cc1ccc(-c2cnn(C)c2)cc1F)c1ncnc2c1ccn2C[C@H]1CCN(CC(N)=O)C[C@@H]1O. The van der Waals surface area contributed by atoms with E-state index in [4.69, 9.17) is 5.73 Å². The Morgan fingerprint density at radius 3 is 2.79 bits per heavy atom. The van der Waals surface area contributed by atoms with E-state index in [9.17, 15) is 9.90 Å². The van der Waals surface area contributed by atoms with Crippen molar-refractivity contribution >= 4 is 22.8 Å². The van der Waals surface area contributed by atoms with E-state index in [1.807, 2.05) is 58.9 Å². The molecule has 3 aromatic heterocycles. The number of hydrogen-bond donors (Lipinski definition) is 2. The first-order valence-electron chi connectivity index (χ1n) is 12.8. The number of carbonyl (C=O) groups is 1. The first kappa shape index (κ1) is 25.8. The fourth-order valence-electron chi connectivity index (χ4n) is 5.23. The number of aliphatic hydroxyl groups is 1. The molecule has 1 aliphatic rings. The minimum atomic E-state index is -0.563. The average molecular weight is 521 g/mol. The quantitative estimate of drug-likeness (QED) is 0.347. The zero-order chi connectivity index (χ0) is 26.8. The van der Waals surface area contributed by atoms with Gasteiger partial charge in [0, 0.05) is 62.7 Å². The number of rotatable bonds is 9. The number of aromatic nitrogens is 5. The predicted octanol–water partition coefficient (Wildman–Crippen LogP) is 2.17. The molecule has 1 amide bonds. The van der Waals surface area contributed by atoms with E-state index in [0.717, 1.165) is 34.4 Å². The molecule has 4 heterocycles. The lowest BCUT2D eigenvalue weighted by molar-refractivity contribution is -0.120. The highest BCUT2D eigenvalue weighted by atomic mass is 19.1. The molecule has 1 aliphatic heterocycles. The molecule has 5 rings (SSSR count). The Kier molecular flexibility index (Phi) is 7.39. The Balaban J connectivity index is 1.33. The summed E-state index contributed by atoms with van der Waals surface area (Å²) in [5.41, 5.74) is 8.31. The molecule has 0 bridgehead atoms. The molecule has 0 saturated carbocycles. The summed E-state index contributed by atoms with van der Waals surface area (Å²) in [7, 11) is 1.83. The van der Waals surface area contributed by atoms with Gasteiger partial charge in [-0.3, -0.25) is 14.4 Å². The third-order valence-electron chi connectivity index (χ3n) is 7.28. The number of halogens is 1. The maximum absolute atomic E-state index is 15.1. The monoisotopic (exact) mass is 520 g/mol.